The number of halogens is 1. The summed E-state index contributed by atoms with van der Waals surface area (Å²) < 4.78 is 21.4. The Morgan fingerprint density at radius 1 is 1.24 bits per heavy atom. The van der Waals surface area contributed by atoms with Gasteiger partial charge in [0.15, 0.2) is 0 Å². The number of ether oxygens (including phenoxy) is 1. The fraction of sp³-hybridized carbons (Fsp3) is 0.367. The van der Waals surface area contributed by atoms with Crippen LogP contribution in [0.3, 0.4) is 0 Å². The molecule has 0 radical (unpaired) electrons. The zero-order valence-electron chi connectivity index (χ0n) is 23.6. The molecule has 11 heteroatoms. The Morgan fingerprint density at radius 2 is 2.07 bits per heavy atom. The van der Waals surface area contributed by atoms with Crippen LogP contribution in [0.1, 0.15) is 35.5 Å². The normalized spacial score (nSPS) is 17.3. The van der Waals surface area contributed by atoms with Crippen molar-refractivity contribution in [2.24, 2.45) is 0 Å². The summed E-state index contributed by atoms with van der Waals surface area (Å²) in [6, 6.07) is 10.5. The first-order chi connectivity index (χ1) is 19.6. The van der Waals surface area contributed by atoms with Crippen molar-refractivity contribution in [1.29, 1.82) is 0 Å². The van der Waals surface area contributed by atoms with Crippen LogP contribution in [-0.2, 0) is 17.8 Å². The fourth-order valence-corrected chi connectivity index (χ4v) is 5.55. The lowest BCUT2D eigenvalue weighted by Gasteiger charge is -2.40. The molecule has 1 aromatic carbocycles. The van der Waals surface area contributed by atoms with Gasteiger partial charge >= 0.3 is 0 Å². The van der Waals surface area contributed by atoms with Gasteiger partial charge in [-0.05, 0) is 57.8 Å². The number of benzene rings is 1. The summed E-state index contributed by atoms with van der Waals surface area (Å²) in [5.74, 6) is 0.104. The predicted molar refractivity (Wildman–Crippen MR) is 155 cm³/mol. The van der Waals surface area contributed by atoms with Gasteiger partial charge in [-0.25, -0.2) is 14.4 Å². The molecule has 1 saturated heterocycles. The standard InChI is InChI=1S/C30H34FN7O3/c1-30(2,40)25-17-37(11-12-41-25)23-7-8-26(35-22(23)16-36(3)4)34-21-6-5-19(20-14-33-29(39)28(20)21)24-15-32-27-13-18(31)9-10-38(24)27/h5-10,13,15,25,40H,11-12,14,16-17H2,1-4H3,(H,33,39)(H,34,35)/t25-/m1/s1. The van der Waals surface area contributed by atoms with E-state index in [0.717, 1.165) is 28.2 Å². The number of anilines is 3. The zero-order chi connectivity index (χ0) is 28.9. The van der Waals surface area contributed by atoms with E-state index in [0.29, 0.717) is 55.5 Å². The van der Waals surface area contributed by atoms with E-state index in [4.69, 9.17) is 9.72 Å². The highest BCUT2D eigenvalue weighted by molar-refractivity contribution is 6.06. The average Bonchev–Trinajstić information content (AvgIpc) is 3.52. The summed E-state index contributed by atoms with van der Waals surface area (Å²) in [5.41, 5.74) is 5.11. The highest BCUT2D eigenvalue weighted by Gasteiger charge is 2.33. The Labute approximate surface area is 237 Å². The van der Waals surface area contributed by atoms with Gasteiger partial charge < -0.3 is 30.3 Å². The van der Waals surface area contributed by atoms with Crippen molar-refractivity contribution in [3.63, 3.8) is 0 Å². The number of hydrogen-bond donors (Lipinski definition) is 3. The molecule has 6 rings (SSSR count). The van der Waals surface area contributed by atoms with Crippen LogP contribution in [-0.4, -0.2) is 75.8 Å². The van der Waals surface area contributed by atoms with Crippen LogP contribution in [0.25, 0.3) is 16.9 Å². The number of amides is 1. The Morgan fingerprint density at radius 3 is 2.85 bits per heavy atom. The molecule has 0 bridgehead atoms. The van der Waals surface area contributed by atoms with Crippen LogP contribution in [0.2, 0.25) is 0 Å². The lowest BCUT2D eigenvalue weighted by Crippen LogP contribution is -2.52. The minimum Gasteiger partial charge on any atom is -0.388 e. The number of nitrogens with zero attached hydrogens (tertiary/aromatic N) is 5. The molecule has 41 heavy (non-hydrogen) atoms. The largest absolute Gasteiger partial charge is 0.388 e. The molecule has 0 unspecified atom stereocenters. The van der Waals surface area contributed by atoms with Gasteiger partial charge in [0.2, 0.25) is 0 Å². The molecule has 5 heterocycles. The molecule has 10 nitrogen and oxygen atoms in total. The minimum atomic E-state index is -0.957. The molecular formula is C30H34FN7O3. The third kappa shape index (κ3) is 5.23. The van der Waals surface area contributed by atoms with Gasteiger partial charge in [0.25, 0.3) is 5.91 Å². The van der Waals surface area contributed by atoms with Gasteiger partial charge in [0.05, 0.1) is 46.7 Å². The predicted octanol–water partition coefficient (Wildman–Crippen LogP) is 3.56. The minimum absolute atomic E-state index is 0.166. The molecule has 1 fully saturated rings. The number of hydrogen-bond acceptors (Lipinski definition) is 8. The van der Waals surface area contributed by atoms with Crippen molar-refractivity contribution in [2.45, 2.75) is 38.6 Å². The quantitative estimate of drug-likeness (QED) is 0.316. The van der Waals surface area contributed by atoms with Gasteiger partial charge in [0.1, 0.15) is 23.4 Å². The Kier molecular flexibility index (Phi) is 6.88. The number of aliphatic hydroxyl groups is 1. The molecule has 2 aliphatic rings. The molecule has 1 atom stereocenters. The fourth-order valence-electron chi connectivity index (χ4n) is 5.55. The first-order valence-corrected chi connectivity index (χ1v) is 13.7. The second kappa shape index (κ2) is 10.4. The van der Waals surface area contributed by atoms with E-state index in [2.05, 4.69) is 25.4 Å². The molecule has 0 saturated carbocycles. The highest BCUT2D eigenvalue weighted by atomic mass is 19.1. The van der Waals surface area contributed by atoms with Crippen LogP contribution in [0.5, 0.6) is 0 Å². The maximum atomic E-state index is 13.7. The van der Waals surface area contributed by atoms with Crippen LogP contribution < -0.4 is 15.5 Å². The second-order valence-corrected chi connectivity index (χ2v) is 11.4. The number of pyridine rings is 2. The number of nitrogens with one attached hydrogen (secondary N) is 2. The van der Waals surface area contributed by atoms with Crippen molar-refractivity contribution in [2.75, 3.05) is 44.0 Å². The average molecular weight is 560 g/mol. The summed E-state index contributed by atoms with van der Waals surface area (Å²) in [6.45, 7) is 6.30. The number of fused-ring (bicyclic) bond motifs is 2. The van der Waals surface area contributed by atoms with E-state index in [9.17, 15) is 14.3 Å². The van der Waals surface area contributed by atoms with Crippen LogP contribution in [0, 0.1) is 5.82 Å². The number of imidazole rings is 1. The lowest BCUT2D eigenvalue weighted by molar-refractivity contribution is -0.0928. The second-order valence-electron chi connectivity index (χ2n) is 11.4. The third-order valence-electron chi connectivity index (χ3n) is 7.59. The molecular weight excluding hydrogens is 525 g/mol. The molecule has 0 spiro atoms. The van der Waals surface area contributed by atoms with E-state index in [-0.39, 0.29) is 17.8 Å². The molecule has 3 N–H and O–H groups in total. The Bertz CT molecular complexity index is 1630. The molecule has 214 valence electrons. The van der Waals surface area contributed by atoms with E-state index >= 15 is 0 Å². The molecule has 4 aromatic rings. The molecule has 1 amide bonds. The molecule has 2 aliphatic heterocycles. The van der Waals surface area contributed by atoms with Crippen LogP contribution >= 0.6 is 0 Å². The van der Waals surface area contributed by atoms with Crippen molar-refractivity contribution in [1.82, 2.24) is 24.6 Å². The first kappa shape index (κ1) is 27.1. The monoisotopic (exact) mass is 559 g/mol. The maximum absolute atomic E-state index is 13.7. The van der Waals surface area contributed by atoms with Gasteiger partial charge in [-0.15, -0.1) is 0 Å². The topological polar surface area (TPSA) is 107 Å². The third-order valence-corrected chi connectivity index (χ3v) is 7.59. The molecule has 0 aliphatic carbocycles. The van der Waals surface area contributed by atoms with Crippen molar-refractivity contribution in [3.05, 3.63) is 71.4 Å². The number of rotatable bonds is 7. The van der Waals surface area contributed by atoms with Gasteiger partial charge in [0, 0.05) is 44.0 Å². The van der Waals surface area contributed by atoms with Gasteiger partial charge in [-0.1, -0.05) is 6.07 Å². The molecule has 3 aromatic heterocycles. The number of aromatic nitrogens is 3. The summed E-state index contributed by atoms with van der Waals surface area (Å²) in [7, 11) is 3.99. The maximum Gasteiger partial charge on any atom is 0.254 e. The first-order valence-electron chi connectivity index (χ1n) is 13.7. The van der Waals surface area contributed by atoms with E-state index in [1.54, 1.807) is 26.2 Å². The summed E-state index contributed by atoms with van der Waals surface area (Å²) in [5, 5.41) is 16.9. The zero-order valence-corrected chi connectivity index (χ0v) is 23.6. The van der Waals surface area contributed by atoms with Crippen molar-refractivity contribution in [3.8, 4) is 11.3 Å². The van der Waals surface area contributed by atoms with Gasteiger partial charge in [-0.2, -0.15) is 0 Å². The number of morpholine rings is 1. The van der Waals surface area contributed by atoms with E-state index < -0.39 is 5.60 Å². The highest BCUT2D eigenvalue weighted by Crippen LogP contribution is 2.36. The Hall–Kier alpha value is -4.06. The number of carbonyl (C=O) groups is 1. The number of carbonyl (C=O) groups excluding carboxylic acids is 1. The SMILES string of the molecule is CN(C)Cc1nc(Nc2ccc(-c3cnc4cc(F)ccn34)c3c2C(=O)NC3)ccc1N1CCO[C@@H](C(C)(C)O)C1. The lowest BCUT2D eigenvalue weighted by atomic mass is 9.99. The van der Waals surface area contributed by atoms with Crippen LogP contribution in [0.4, 0.5) is 21.6 Å². The summed E-state index contributed by atoms with van der Waals surface area (Å²) >= 11 is 0. The van der Waals surface area contributed by atoms with Gasteiger partial charge in [-0.3, -0.25) is 9.20 Å². The smallest absolute Gasteiger partial charge is 0.254 e. The Balaban J connectivity index is 1.34. The summed E-state index contributed by atoms with van der Waals surface area (Å²) in [4.78, 5) is 26.6. The van der Waals surface area contributed by atoms with Crippen molar-refractivity contribution < 1.29 is 19.0 Å². The van der Waals surface area contributed by atoms with E-state index in [1.165, 1.54) is 12.1 Å². The van der Waals surface area contributed by atoms with Crippen LogP contribution in [0.15, 0.2) is 48.8 Å². The van der Waals surface area contributed by atoms with E-state index in [1.807, 2.05) is 42.8 Å². The summed E-state index contributed by atoms with van der Waals surface area (Å²) in [6.07, 6.45) is 3.03. The van der Waals surface area contributed by atoms with Crippen molar-refractivity contribution >= 4 is 28.7 Å².